The summed E-state index contributed by atoms with van der Waals surface area (Å²) in [5.41, 5.74) is 1.66. The van der Waals surface area contributed by atoms with Crippen LogP contribution in [0.1, 0.15) is 79.1 Å². The number of rotatable bonds is 6. The summed E-state index contributed by atoms with van der Waals surface area (Å²) in [6.45, 7) is 9.25. The normalized spacial score (nSPS) is 24.0. The second-order valence-electron chi connectivity index (χ2n) is 11.0. The van der Waals surface area contributed by atoms with Crippen LogP contribution in [0.4, 0.5) is 0 Å². The van der Waals surface area contributed by atoms with E-state index in [1.165, 1.54) is 7.11 Å². The average Bonchev–Trinajstić information content (AvgIpc) is 3.40. The number of cyclic esters (lactones) is 1. The lowest BCUT2D eigenvalue weighted by molar-refractivity contribution is -0.147. The van der Waals surface area contributed by atoms with Gasteiger partial charge >= 0.3 is 11.9 Å². The zero-order chi connectivity index (χ0) is 28.2. The minimum atomic E-state index is -0.946. The van der Waals surface area contributed by atoms with Gasteiger partial charge in [0.05, 0.1) is 33.7 Å². The monoisotopic (exact) mass is 618 g/mol. The minimum Gasteiger partial charge on any atom is -0.495 e. The molecule has 2 aromatic carbocycles. The summed E-state index contributed by atoms with van der Waals surface area (Å²) in [7, 11) is 1.41. The number of fused-ring (bicyclic) bond motifs is 4. The number of ether oxygens (including phenoxy) is 4. The van der Waals surface area contributed by atoms with Crippen molar-refractivity contribution >= 4 is 39.5 Å². The maximum absolute atomic E-state index is 13.7. The molecule has 0 radical (unpaired) electrons. The molecule has 0 spiro atoms. The van der Waals surface area contributed by atoms with Gasteiger partial charge < -0.3 is 24.1 Å². The lowest BCUT2D eigenvalue weighted by Crippen LogP contribution is -2.36. The number of benzene rings is 2. The van der Waals surface area contributed by atoms with E-state index in [1.807, 2.05) is 13.8 Å². The van der Waals surface area contributed by atoms with E-state index < -0.39 is 17.5 Å². The Morgan fingerprint density at radius 1 is 1.26 bits per heavy atom. The molecule has 5 rings (SSSR count). The van der Waals surface area contributed by atoms with Crippen molar-refractivity contribution in [3.63, 3.8) is 0 Å². The first-order valence-corrected chi connectivity index (χ1v) is 14.3. The highest BCUT2D eigenvalue weighted by Gasteiger charge is 2.57. The Kier molecular flexibility index (Phi) is 7.50. The molecule has 0 amide bonds. The van der Waals surface area contributed by atoms with E-state index in [2.05, 4.69) is 22.5 Å². The van der Waals surface area contributed by atoms with Crippen molar-refractivity contribution in [2.75, 3.05) is 7.11 Å². The molecule has 1 aliphatic heterocycles. The van der Waals surface area contributed by atoms with Crippen LogP contribution in [0.2, 0.25) is 5.02 Å². The number of carbonyl (C=O) groups excluding carboxylic acids is 2. The number of hydrogen-bond donors (Lipinski definition) is 1. The fourth-order valence-electron chi connectivity index (χ4n) is 6.42. The van der Waals surface area contributed by atoms with E-state index in [0.717, 1.165) is 31.3 Å². The number of esters is 2. The second kappa shape index (κ2) is 10.5. The van der Waals surface area contributed by atoms with Crippen molar-refractivity contribution in [2.45, 2.75) is 65.6 Å². The van der Waals surface area contributed by atoms with E-state index in [4.69, 9.17) is 30.5 Å². The molecule has 0 saturated heterocycles. The number of halogens is 2. The first-order chi connectivity index (χ1) is 18.5. The maximum atomic E-state index is 13.7. The Hall–Kier alpha value is -2.55. The Bertz CT molecular complexity index is 1360. The van der Waals surface area contributed by atoms with Gasteiger partial charge in [-0.2, -0.15) is 0 Å². The SMILES string of the molecule is C=C(C)C[C@H](O)c1ccc2c(c1OC)C(=O)OCc1c(Cl)c(C)c(Br)c(OC(=O)C3(C)C4CCC3CC4)c1O2. The topological polar surface area (TPSA) is 91.3 Å². The largest absolute Gasteiger partial charge is 0.495 e. The van der Waals surface area contributed by atoms with E-state index in [-0.39, 0.29) is 47.6 Å². The summed E-state index contributed by atoms with van der Waals surface area (Å²) < 4.78 is 24.2. The van der Waals surface area contributed by atoms with Crippen LogP contribution in [-0.2, 0) is 16.1 Å². The zero-order valence-corrected chi connectivity index (χ0v) is 24.8. The molecule has 2 aromatic rings. The molecular weight excluding hydrogens is 588 g/mol. The van der Waals surface area contributed by atoms with Crippen LogP contribution in [0.5, 0.6) is 23.0 Å². The highest BCUT2D eigenvalue weighted by Crippen LogP contribution is 2.59. The molecule has 0 aromatic heterocycles. The quantitative estimate of drug-likeness (QED) is 0.202. The first kappa shape index (κ1) is 28.0. The van der Waals surface area contributed by atoms with Gasteiger partial charge in [-0.15, -0.1) is 6.58 Å². The Balaban J connectivity index is 1.62. The zero-order valence-electron chi connectivity index (χ0n) is 22.5. The first-order valence-electron chi connectivity index (χ1n) is 13.1. The predicted molar refractivity (Wildman–Crippen MR) is 150 cm³/mol. The molecule has 2 bridgehead atoms. The van der Waals surface area contributed by atoms with Crippen LogP contribution in [0, 0.1) is 24.2 Å². The molecule has 2 fully saturated rings. The van der Waals surface area contributed by atoms with E-state index in [9.17, 15) is 14.7 Å². The number of hydrogen-bond acceptors (Lipinski definition) is 7. The lowest BCUT2D eigenvalue weighted by Gasteiger charge is -2.29. The molecule has 208 valence electrons. The molecule has 39 heavy (non-hydrogen) atoms. The molecule has 1 N–H and O–H groups in total. The van der Waals surface area contributed by atoms with Crippen molar-refractivity contribution in [3.8, 4) is 23.0 Å². The molecule has 0 unspecified atom stereocenters. The van der Waals surface area contributed by atoms with Gasteiger partial charge in [0, 0.05) is 5.56 Å². The summed E-state index contributed by atoms with van der Waals surface area (Å²) in [5, 5.41) is 11.1. The molecule has 9 heteroatoms. The predicted octanol–water partition coefficient (Wildman–Crippen LogP) is 7.61. The molecule has 3 aliphatic rings. The summed E-state index contributed by atoms with van der Waals surface area (Å²) in [5.74, 6) is 0.239. The van der Waals surface area contributed by atoms with Gasteiger partial charge in [0.1, 0.15) is 23.7 Å². The van der Waals surface area contributed by atoms with Crippen LogP contribution in [0.25, 0.3) is 0 Å². The van der Waals surface area contributed by atoms with Gasteiger partial charge in [-0.25, -0.2) is 4.79 Å². The summed E-state index contributed by atoms with van der Waals surface area (Å²) in [6, 6.07) is 3.20. The van der Waals surface area contributed by atoms with Crippen molar-refractivity contribution in [1.82, 2.24) is 0 Å². The maximum Gasteiger partial charge on any atom is 0.346 e. The summed E-state index contributed by atoms with van der Waals surface area (Å²) >= 11 is 10.3. The van der Waals surface area contributed by atoms with Crippen LogP contribution < -0.4 is 14.2 Å². The van der Waals surface area contributed by atoms with Gasteiger partial charge in [-0.1, -0.05) is 17.2 Å². The Morgan fingerprint density at radius 3 is 2.49 bits per heavy atom. The smallest absolute Gasteiger partial charge is 0.346 e. The summed E-state index contributed by atoms with van der Waals surface area (Å²) in [6.07, 6.45) is 3.43. The van der Waals surface area contributed by atoms with Gasteiger partial charge in [-0.05, 0) is 98.3 Å². The van der Waals surface area contributed by atoms with Crippen molar-refractivity contribution in [1.29, 1.82) is 0 Å². The Morgan fingerprint density at radius 2 is 1.90 bits per heavy atom. The standard InChI is InChI=1S/C30H32BrClO7/c1-14(2)12-20(33)18-10-11-21-22(25(18)36-5)28(34)37-13-19-24(32)15(3)23(31)27(26(19)38-21)39-29(35)30(4)16-6-7-17(30)9-8-16/h10-11,16-17,20,33H,1,6-9,12-13H2,2-5H3/t16?,17?,20-,30?/m0/s1. The van der Waals surface area contributed by atoms with Gasteiger partial charge in [0.25, 0.3) is 0 Å². The third-order valence-corrected chi connectivity index (χ3v) is 10.1. The number of methoxy groups -OCH3 is 1. The van der Waals surface area contributed by atoms with Gasteiger partial charge in [-0.3, -0.25) is 4.79 Å². The van der Waals surface area contributed by atoms with Crippen molar-refractivity contribution in [2.24, 2.45) is 17.3 Å². The van der Waals surface area contributed by atoms with Crippen LogP contribution in [0.3, 0.4) is 0 Å². The lowest BCUT2D eigenvalue weighted by atomic mass is 9.80. The van der Waals surface area contributed by atoms with Gasteiger partial charge in [0.15, 0.2) is 11.5 Å². The number of carbonyl (C=O) groups is 2. The highest BCUT2D eigenvalue weighted by molar-refractivity contribution is 9.10. The second-order valence-corrected chi connectivity index (χ2v) is 12.2. The molecular formula is C30H32BrClO7. The van der Waals surface area contributed by atoms with Crippen molar-refractivity contribution in [3.05, 3.63) is 56.0 Å². The minimum absolute atomic E-state index is 0.0207. The number of aliphatic hydroxyl groups excluding tert-OH is 1. The van der Waals surface area contributed by atoms with Crippen LogP contribution in [-0.4, -0.2) is 24.2 Å². The molecule has 2 aliphatic carbocycles. The third kappa shape index (κ3) is 4.54. The fraction of sp³-hybridized carbons (Fsp3) is 0.467. The molecule has 7 nitrogen and oxygen atoms in total. The van der Waals surface area contributed by atoms with Crippen molar-refractivity contribution < 1.29 is 33.6 Å². The van der Waals surface area contributed by atoms with E-state index in [1.54, 1.807) is 19.1 Å². The van der Waals surface area contributed by atoms with E-state index in [0.29, 0.717) is 38.0 Å². The van der Waals surface area contributed by atoms with Crippen LogP contribution >= 0.6 is 27.5 Å². The fourth-order valence-corrected chi connectivity index (χ4v) is 7.23. The average molecular weight is 620 g/mol. The van der Waals surface area contributed by atoms with E-state index >= 15 is 0 Å². The van der Waals surface area contributed by atoms with Crippen LogP contribution in [0.15, 0.2) is 28.8 Å². The Labute approximate surface area is 241 Å². The highest BCUT2D eigenvalue weighted by atomic mass is 79.9. The summed E-state index contributed by atoms with van der Waals surface area (Å²) in [4.78, 5) is 27.0. The third-order valence-electron chi connectivity index (χ3n) is 8.68. The molecule has 1 heterocycles. The molecule has 1 atom stereocenters. The molecule has 2 saturated carbocycles. The number of aliphatic hydroxyl groups is 1. The van der Waals surface area contributed by atoms with Gasteiger partial charge in [0.2, 0.25) is 0 Å².